The fourth-order valence-corrected chi connectivity index (χ4v) is 1.83. The van der Waals surface area contributed by atoms with Crippen molar-refractivity contribution >= 4 is 40.8 Å². The molecule has 0 atom stereocenters. The molecule has 3 rings (SSSR count). The van der Waals surface area contributed by atoms with Crippen LogP contribution in [0.1, 0.15) is 0 Å². The van der Waals surface area contributed by atoms with Gasteiger partial charge in [0.25, 0.3) is 0 Å². The first-order chi connectivity index (χ1) is 10.2. The SMILES string of the molecule is Clc1ccc(Nc2nc(Cl)nc(NC3=COCO3)n2)cc1. The van der Waals surface area contributed by atoms with Gasteiger partial charge in [0.2, 0.25) is 29.9 Å². The molecule has 0 saturated carbocycles. The van der Waals surface area contributed by atoms with Crippen molar-refractivity contribution in [3.05, 3.63) is 46.7 Å². The molecule has 1 aromatic heterocycles. The van der Waals surface area contributed by atoms with Gasteiger partial charge in [0.15, 0.2) is 0 Å². The summed E-state index contributed by atoms with van der Waals surface area (Å²) < 4.78 is 10.0. The summed E-state index contributed by atoms with van der Waals surface area (Å²) in [6.45, 7) is 0.150. The maximum atomic E-state index is 5.87. The average Bonchev–Trinajstić information content (AvgIpc) is 2.93. The van der Waals surface area contributed by atoms with Crippen LogP contribution in [-0.2, 0) is 9.47 Å². The van der Waals surface area contributed by atoms with Crippen LogP contribution < -0.4 is 10.6 Å². The van der Waals surface area contributed by atoms with Crippen LogP contribution in [0.2, 0.25) is 10.3 Å². The maximum Gasteiger partial charge on any atom is 0.235 e. The molecule has 108 valence electrons. The molecule has 1 aliphatic heterocycles. The third kappa shape index (κ3) is 3.65. The lowest BCUT2D eigenvalue weighted by Crippen LogP contribution is -2.07. The van der Waals surface area contributed by atoms with E-state index in [4.69, 9.17) is 32.7 Å². The van der Waals surface area contributed by atoms with Gasteiger partial charge < -0.3 is 14.8 Å². The molecule has 1 aromatic carbocycles. The summed E-state index contributed by atoms with van der Waals surface area (Å²) in [6, 6.07) is 7.09. The highest BCUT2D eigenvalue weighted by Crippen LogP contribution is 2.19. The van der Waals surface area contributed by atoms with Crippen molar-refractivity contribution in [3.63, 3.8) is 0 Å². The molecule has 0 bridgehead atoms. The number of nitrogens with one attached hydrogen (secondary N) is 2. The lowest BCUT2D eigenvalue weighted by Gasteiger charge is -2.08. The Morgan fingerprint density at radius 3 is 2.33 bits per heavy atom. The smallest absolute Gasteiger partial charge is 0.235 e. The first-order valence-electron chi connectivity index (χ1n) is 5.85. The Kier molecular flexibility index (Phi) is 3.94. The van der Waals surface area contributed by atoms with Gasteiger partial charge in [0.1, 0.15) is 6.26 Å². The van der Waals surface area contributed by atoms with E-state index in [1.807, 2.05) is 0 Å². The quantitative estimate of drug-likeness (QED) is 0.893. The number of ether oxygens (including phenoxy) is 2. The van der Waals surface area contributed by atoms with E-state index in [0.717, 1.165) is 5.69 Å². The van der Waals surface area contributed by atoms with Crippen LogP contribution >= 0.6 is 23.2 Å². The summed E-state index contributed by atoms with van der Waals surface area (Å²) in [5.74, 6) is 0.928. The van der Waals surface area contributed by atoms with Crippen LogP contribution in [0.4, 0.5) is 17.6 Å². The third-order valence-electron chi connectivity index (χ3n) is 2.42. The molecule has 2 heterocycles. The minimum absolute atomic E-state index is 0.0449. The van der Waals surface area contributed by atoms with Crippen LogP contribution in [0.15, 0.2) is 36.4 Å². The van der Waals surface area contributed by atoms with Gasteiger partial charge in [-0.1, -0.05) is 11.6 Å². The van der Waals surface area contributed by atoms with Gasteiger partial charge in [-0.25, -0.2) is 0 Å². The van der Waals surface area contributed by atoms with Gasteiger partial charge in [-0.05, 0) is 35.9 Å². The lowest BCUT2D eigenvalue weighted by molar-refractivity contribution is 0.0822. The highest BCUT2D eigenvalue weighted by Gasteiger charge is 2.11. The van der Waals surface area contributed by atoms with E-state index in [0.29, 0.717) is 16.9 Å². The fraction of sp³-hybridized carbons (Fsp3) is 0.0833. The average molecular weight is 326 g/mol. The summed E-state index contributed by atoms with van der Waals surface area (Å²) in [5.41, 5.74) is 0.771. The standard InChI is InChI=1S/C12H9Cl2N5O2/c13-7-1-3-8(4-2-7)15-11-17-10(14)18-12(19-11)16-9-5-20-6-21-9/h1-5H,6H2,(H2,15,16,17,18,19). The molecular formula is C12H9Cl2N5O2. The minimum atomic E-state index is 0.0449. The molecule has 0 saturated heterocycles. The molecule has 0 amide bonds. The number of hydrogen-bond donors (Lipinski definition) is 2. The molecule has 2 N–H and O–H groups in total. The molecule has 7 nitrogen and oxygen atoms in total. The van der Waals surface area contributed by atoms with Crippen LogP contribution in [0.25, 0.3) is 0 Å². The zero-order valence-corrected chi connectivity index (χ0v) is 12.0. The maximum absolute atomic E-state index is 5.87. The third-order valence-corrected chi connectivity index (χ3v) is 2.84. The number of nitrogens with zero attached hydrogens (tertiary/aromatic N) is 3. The highest BCUT2D eigenvalue weighted by atomic mass is 35.5. The Morgan fingerprint density at radius 2 is 1.67 bits per heavy atom. The Hall–Kier alpha value is -2.25. The van der Waals surface area contributed by atoms with Crippen molar-refractivity contribution in [2.24, 2.45) is 0 Å². The number of aromatic nitrogens is 3. The number of anilines is 3. The fourth-order valence-electron chi connectivity index (χ4n) is 1.54. The molecule has 9 heteroatoms. The summed E-state index contributed by atoms with van der Waals surface area (Å²) in [6.07, 6.45) is 1.42. The first-order valence-corrected chi connectivity index (χ1v) is 6.60. The number of benzene rings is 1. The second-order valence-electron chi connectivity index (χ2n) is 3.92. The van der Waals surface area contributed by atoms with E-state index >= 15 is 0 Å². The predicted molar refractivity (Wildman–Crippen MR) is 78.3 cm³/mol. The van der Waals surface area contributed by atoms with E-state index in [2.05, 4.69) is 25.6 Å². The van der Waals surface area contributed by atoms with Crippen molar-refractivity contribution in [1.29, 1.82) is 0 Å². The number of halogens is 2. The molecule has 0 unspecified atom stereocenters. The Balaban J connectivity index is 1.78. The topological polar surface area (TPSA) is 81.2 Å². The Labute approximate surface area is 129 Å². The molecule has 1 aliphatic rings. The predicted octanol–water partition coefficient (Wildman–Crippen LogP) is 3.14. The van der Waals surface area contributed by atoms with E-state index in [9.17, 15) is 0 Å². The zero-order chi connectivity index (χ0) is 14.7. The van der Waals surface area contributed by atoms with Gasteiger partial charge in [-0.3, -0.25) is 5.32 Å². The van der Waals surface area contributed by atoms with Crippen molar-refractivity contribution in [3.8, 4) is 0 Å². The van der Waals surface area contributed by atoms with E-state index in [1.165, 1.54) is 6.26 Å². The Morgan fingerprint density at radius 1 is 0.952 bits per heavy atom. The van der Waals surface area contributed by atoms with Crippen LogP contribution in [0, 0.1) is 0 Å². The minimum Gasteiger partial charge on any atom is -0.459 e. The van der Waals surface area contributed by atoms with Crippen molar-refractivity contribution in [1.82, 2.24) is 15.0 Å². The normalized spacial score (nSPS) is 13.1. The second-order valence-corrected chi connectivity index (χ2v) is 4.69. The molecular weight excluding hydrogens is 317 g/mol. The van der Waals surface area contributed by atoms with E-state index in [-0.39, 0.29) is 18.0 Å². The second kappa shape index (κ2) is 6.02. The molecule has 0 aliphatic carbocycles. The van der Waals surface area contributed by atoms with Gasteiger partial charge in [-0.2, -0.15) is 15.0 Å². The largest absolute Gasteiger partial charge is 0.459 e. The Bertz CT molecular complexity index is 678. The molecule has 21 heavy (non-hydrogen) atoms. The van der Waals surface area contributed by atoms with E-state index in [1.54, 1.807) is 24.3 Å². The zero-order valence-electron chi connectivity index (χ0n) is 10.5. The van der Waals surface area contributed by atoms with Crippen molar-refractivity contribution < 1.29 is 9.47 Å². The van der Waals surface area contributed by atoms with Gasteiger partial charge >= 0.3 is 0 Å². The van der Waals surface area contributed by atoms with E-state index < -0.39 is 0 Å². The highest BCUT2D eigenvalue weighted by molar-refractivity contribution is 6.30. The van der Waals surface area contributed by atoms with Crippen molar-refractivity contribution in [2.75, 3.05) is 17.4 Å². The summed E-state index contributed by atoms with van der Waals surface area (Å²) in [7, 11) is 0. The first kappa shape index (κ1) is 13.7. The van der Waals surface area contributed by atoms with Crippen LogP contribution in [-0.4, -0.2) is 21.7 Å². The van der Waals surface area contributed by atoms with Crippen LogP contribution in [0.3, 0.4) is 0 Å². The summed E-state index contributed by atoms with van der Waals surface area (Å²) in [4.78, 5) is 12.1. The van der Waals surface area contributed by atoms with Gasteiger partial charge in [0, 0.05) is 10.7 Å². The lowest BCUT2D eigenvalue weighted by atomic mass is 10.3. The molecule has 0 radical (unpaired) electrons. The molecule has 2 aromatic rings. The number of rotatable bonds is 4. The van der Waals surface area contributed by atoms with Crippen LogP contribution in [0.5, 0.6) is 0 Å². The van der Waals surface area contributed by atoms with Gasteiger partial charge in [0.05, 0.1) is 0 Å². The van der Waals surface area contributed by atoms with Gasteiger partial charge in [-0.15, -0.1) is 0 Å². The summed E-state index contributed by atoms with van der Waals surface area (Å²) in [5, 5.41) is 6.51. The monoisotopic (exact) mass is 325 g/mol. The number of hydrogen-bond acceptors (Lipinski definition) is 7. The molecule has 0 fully saturated rings. The molecule has 0 spiro atoms. The summed E-state index contributed by atoms with van der Waals surface area (Å²) >= 11 is 11.7. The van der Waals surface area contributed by atoms with Crippen molar-refractivity contribution in [2.45, 2.75) is 0 Å².